The molecule has 0 heterocycles. The van der Waals surface area contributed by atoms with Crippen LogP contribution in [-0.2, 0) is 6.18 Å². The average Bonchev–Trinajstić information content (AvgIpc) is 2.37. The van der Waals surface area contributed by atoms with Gasteiger partial charge in [0.1, 0.15) is 5.82 Å². The number of nitrogens with zero attached hydrogens (tertiary/aromatic N) is 1. The van der Waals surface area contributed by atoms with Crippen molar-refractivity contribution in [1.29, 1.82) is 0 Å². The molecule has 6 heteroatoms. The Morgan fingerprint density at radius 3 is 2.40 bits per heavy atom. The van der Waals surface area contributed by atoms with Crippen LogP contribution in [0.4, 0.5) is 23.2 Å². The van der Waals surface area contributed by atoms with Crippen molar-refractivity contribution in [3.05, 3.63) is 29.6 Å². The number of alkyl halides is 4. The number of hydrogen-bond donors (Lipinski definition) is 0. The molecule has 1 aromatic rings. The standard InChI is InChI=1S/C14H16ClF4N/c1-20(12-5-3-2-4-10(12)15)13-7-6-9(8-11(13)16)14(17,18)19/h6-8,10,12H,2-5H2,1H3. The van der Waals surface area contributed by atoms with Crippen molar-refractivity contribution >= 4 is 17.3 Å². The Morgan fingerprint density at radius 2 is 1.85 bits per heavy atom. The van der Waals surface area contributed by atoms with Crippen LogP contribution in [0.25, 0.3) is 0 Å². The van der Waals surface area contributed by atoms with E-state index in [1.165, 1.54) is 6.07 Å². The largest absolute Gasteiger partial charge is 0.416 e. The highest BCUT2D eigenvalue weighted by Crippen LogP contribution is 2.34. The molecule has 1 nitrogen and oxygen atoms in total. The predicted octanol–water partition coefficient (Wildman–Crippen LogP) is 4.83. The first-order valence-electron chi connectivity index (χ1n) is 6.54. The molecule has 112 valence electrons. The molecule has 1 saturated carbocycles. The molecule has 1 aliphatic carbocycles. The van der Waals surface area contributed by atoms with E-state index in [9.17, 15) is 17.6 Å². The lowest BCUT2D eigenvalue weighted by Crippen LogP contribution is -2.41. The molecule has 0 bridgehead atoms. The highest BCUT2D eigenvalue weighted by atomic mass is 35.5. The Kier molecular flexibility index (Phi) is 4.47. The van der Waals surface area contributed by atoms with Gasteiger partial charge >= 0.3 is 6.18 Å². The number of anilines is 1. The molecule has 0 aliphatic heterocycles. The second-order valence-electron chi connectivity index (χ2n) is 5.14. The van der Waals surface area contributed by atoms with E-state index in [0.717, 1.165) is 31.7 Å². The van der Waals surface area contributed by atoms with Gasteiger partial charge in [-0.3, -0.25) is 0 Å². The third-order valence-corrected chi connectivity index (χ3v) is 4.31. The Labute approximate surface area is 120 Å². The summed E-state index contributed by atoms with van der Waals surface area (Å²) < 4.78 is 51.5. The van der Waals surface area contributed by atoms with E-state index in [1.807, 2.05) is 0 Å². The second kappa shape index (κ2) is 5.80. The zero-order valence-electron chi connectivity index (χ0n) is 11.1. The molecular formula is C14H16ClF4N. The minimum Gasteiger partial charge on any atom is -0.368 e. The lowest BCUT2D eigenvalue weighted by atomic mass is 9.93. The number of rotatable bonds is 2. The summed E-state index contributed by atoms with van der Waals surface area (Å²) in [6.45, 7) is 0. The van der Waals surface area contributed by atoms with Gasteiger partial charge in [-0.05, 0) is 31.0 Å². The van der Waals surface area contributed by atoms with Gasteiger partial charge in [0.05, 0.1) is 16.6 Å². The van der Waals surface area contributed by atoms with Gasteiger partial charge in [-0.25, -0.2) is 4.39 Å². The lowest BCUT2D eigenvalue weighted by molar-refractivity contribution is -0.137. The minimum absolute atomic E-state index is 0.0448. The summed E-state index contributed by atoms with van der Waals surface area (Å²) in [6, 6.07) is 2.58. The van der Waals surface area contributed by atoms with Crippen LogP contribution in [0.5, 0.6) is 0 Å². The third kappa shape index (κ3) is 3.19. The van der Waals surface area contributed by atoms with Crippen LogP contribution < -0.4 is 4.90 Å². The lowest BCUT2D eigenvalue weighted by Gasteiger charge is -2.36. The molecule has 0 radical (unpaired) electrons. The highest BCUT2D eigenvalue weighted by molar-refractivity contribution is 6.21. The van der Waals surface area contributed by atoms with Crippen molar-refractivity contribution in [3.8, 4) is 0 Å². The van der Waals surface area contributed by atoms with Gasteiger partial charge in [0, 0.05) is 13.1 Å². The first-order valence-corrected chi connectivity index (χ1v) is 6.98. The van der Waals surface area contributed by atoms with Gasteiger partial charge in [-0.2, -0.15) is 13.2 Å². The first-order chi connectivity index (χ1) is 9.30. The Hall–Kier alpha value is -0.970. The van der Waals surface area contributed by atoms with Crippen molar-refractivity contribution in [2.45, 2.75) is 43.3 Å². The molecule has 0 N–H and O–H groups in total. The Balaban J connectivity index is 2.24. The maximum atomic E-state index is 13.9. The van der Waals surface area contributed by atoms with Gasteiger partial charge in [-0.15, -0.1) is 11.6 Å². The van der Waals surface area contributed by atoms with Crippen LogP contribution in [0.2, 0.25) is 0 Å². The molecule has 2 rings (SSSR count). The summed E-state index contributed by atoms with van der Waals surface area (Å²) >= 11 is 6.24. The number of halogens is 5. The fourth-order valence-corrected chi connectivity index (χ4v) is 3.10. The number of hydrogen-bond acceptors (Lipinski definition) is 1. The summed E-state index contributed by atoms with van der Waals surface area (Å²) in [5, 5.41) is -0.101. The summed E-state index contributed by atoms with van der Waals surface area (Å²) in [5.74, 6) is -0.864. The average molecular weight is 310 g/mol. The third-order valence-electron chi connectivity index (χ3n) is 3.80. The zero-order chi connectivity index (χ0) is 14.9. The molecule has 1 aromatic carbocycles. The first kappa shape index (κ1) is 15.4. The molecule has 1 aliphatic rings. The van der Waals surface area contributed by atoms with E-state index < -0.39 is 17.6 Å². The molecule has 0 aromatic heterocycles. The normalized spacial score (nSPS) is 23.7. The van der Waals surface area contributed by atoms with Crippen LogP contribution >= 0.6 is 11.6 Å². The van der Waals surface area contributed by atoms with Gasteiger partial charge in [0.25, 0.3) is 0 Å². The van der Waals surface area contributed by atoms with E-state index in [2.05, 4.69) is 0 Å². The van der Waals surface area contributed by atoms with E-state index in [4.69, 9.17) is 11.6 Å². The van der Waals surface area contributed by atoms with Crippen LogP contribution in [-0.4, -0.2) is 18.5 Å². The molecule has 0 saturated heterocycles. The van der Waals surface area contributed by atoms with Crippen molar-refractivity contribution in [3.63, 3.8) is 0 Å². The molecule has 2 atom stereocenters. The van der Waals surface area contributed by atoms with Crippen molar-refractivity contribution in [1.82, 2.24) is 0 Å². The SMILES string of the molecule is CN(c1ccc(C(F)(F)F)cc1F)C1CCCCC1Cl. The van der Waals surface area contributed by atoms with Crippen LogP contribution in [0, 0.1) is 5.82 Å². The summed E-state index contributed by atoms with van der Waals surface area (Å²) in [4.78, 5) is 1.66. The highest BCUT2D eigenvalue weighted by Gasteiger charge is 2.33. The minimum atomic E-state index is -4.53. The maximum Gasteiger partial charge on any atom is 0.416 e. The Bertz CT molecular complexity index is 475. The maximum absolute atomic E-state index is 13.9. The van der Waals surface area contributed by atoms with Crippen LogP contribution in [0.15, 0.2) is 18.2 Å². The van der Waals surface area contributed by atoms with Crippen LogP contribution in [0.1, 0.15) is 31.2 Å². The van der Waals surface area contributed by atoms with E-state index >= 15 is 0 Å². The van der Waals surface area contributed by atoms with Gasteiger partial charge in [0.2, 0.25) is 0 Å². The van der Waals surface area contributed by atoms with E-state index in [-0.39, 0.29) is 17.1 Å². The fraction of sp³-hybridized carbons (Fsp3) is 0.571. The topological polar surface area (TPSA) is 3.24 Å². The van der Waals surface area contributed by atoms with E-state index in [1.54, 1.807) is 11.9 Å². The molecule has 20 heavy (non-hydrogen) atoms. The summed E-state index contributed by atoms with van der Waals surface area (Å²) in [7, 11) is 1.68. The fourth-order valence-electron chi connectivity index (χ4n) is 2.65. The second-order valence-corrected chi connectivity index (χ2v) is 5.70. The van der Waals surface area contributed by atoms with E-state index in [0.29, 0.717) is 6.07 Å². The van der Waals surface area contributed by atoms with Gasteiger partial charge in [-0.1, -0.05) is 12.8 Å². The van der Waals surface area contributed by atoms with Gasteiger partial charge < -0.3 is 4.90 Å². The quantitative estimate of drug-likeness (QED) is 0.558. The summed E-state index contributed by atoms with van der Waals surface area (Å²) in [6.07, 6.45) is -0.823. The van der Waals surface area contributed by atoms with Crippen molar-refractivity contribution < 1.29 is 17.6 Å². The smallest absolute Gasteiger partial charge is 0.368 e. The molecular weight excluding hydrogens is 294 g/mol. The van der Waals surface area contributed by atoms with Crippen molar-refractivity contribution in [2.75, 3.05) is 11.9 Å². The zero-order valence-corrected chi connectivity index (χ0v) is 11.8. The molecule has 0 amide bonds. The summed E-state index contributed by atoms with van der Waals surface area (Å²) in [5.41, 5.74) is -0.811. The van der Waals surface area contributed by atoms with Crippen LogP contribution in [0.3, 0.4) is 0 Å². The Morgan fingerprint density at radius 1 is 1.20 bits per heavy atom. The molecule has 2 unspecified atom stereocenters. The van der Waals surface area contributed by atoms with Gasteiger partial charge in [0.15, 0.2) is 0 Å². The van der Waals surface area contributed by atoms with Crippen molar-refractivity contribution in [2.24, 2.45) is 0 Å². The molecule has 0 spiro atoms. The predicted molar refractivity (Wildman–Crippen MR) is 71.7 cm³/mol. The molecule has 1 fully saturated rings. The monoisotopic (exact) mass is 309 g/mol. The number of benzene rings is 1.